The van der Waals surface area contributed by atoms with Crippen molar-refractivity contribution in [2.45, 2.75) is 0 Å². The number of nitrogens with zero attached hydrogens (tertiary/aromatic N) is 2. The first-order valence-corrected chi connectivity index (χ1v) is 7.08. The Morgan fingerprint density at radius 2 is 1.86 bits per heavy atom. The topological polar surface area (TPSA) is 54.5 Å². The van der Waals surface area contributed by atoms with E-state index >= 15 is 0 Å². The van der Waals surface area contributed by atoms with E-state index in [2.05, 4.69) is 15.2 Å². The first-order valence-electron chi connectivity index (χ1n) is 7.08. The van der Waals surface area contributed by atoms with E-state index in [1.165, 1.54) is 24.3 Å². The molecule has 1 aromatic carbocycles. The lowest BCUT2D eigenvalue weighted by Gasteiger charge is -2.27. The van der Waals surface area contributed by atoms with Crippen LogP contribution in [0.25, 0.3) is 0 Å². The molecule has 0 atom stereocenters. The fourth-order valence-corrected chi connectivity index (χ4v) is 2.24. The third-order valence-corrected chi connectivity index (χ3v) is 3.45. The molecule has 0 bridgehead atoms. The van der Waals surface area contributed by atoms with E-state index in [0.29, 0.717) is 24.5 Å². The first kappa shape index (κ1) is 14.5. The van der Waals surface area contributed by atoms with Crippen molar-refractivity contribution in [3.05, 3.63) is 54.0 Å². The van der Waals surface area contributed by atoms with Crippen LogP contribution in [-0.2, 0) is 4.74 Å². The van der Waals surface area contributed by atoms with E-state index in [1.807, 2.05) is 6.07 Å². The third-order valence-electron chi connectivity index (χ3n) is 3.45. The molecule has 5 nitrogen and oxygen atoms in total. The van der Waals surface area contributed by atoms with E-state index in [9.17, 15) is 9.18 Å². The number of halogens is 1. The van der Waals surface area contributed by atoms with Crippen LogP contribution < -0.4 is 10.2 Å². The number of rotatable bonds is 3. The molecule has 6 heteroatoms. The molecule has 1 amide bonds. The van der Waals surface area contributed by atoms with Gasteiger partial charge in [-0.3, -0.25) is 4.79 Å². The largest absolute Gasteiger partial charge is 0.378 e. The highest BCUT2D eigenvalue weighted by molar-refractivity contribution is 6.04. The Morgan fingerprint density at radius 1 is 1.14 bits per heavy atom. The molecule has 0 unspecified atom stereocenters. The SMILES string of the molecule is O=C(Nc1ccc(F)cc1)c1ccc(N2CCOCC2)nc1. The molecular weight excluding hydrogens is 285 g/mol. The predicted octanol–water partition coefficient (Wildman–Crippen LogP) is 2.31. The number of ether oxygens (including phenoxy) is 1. The highest BCUT2D eigenvalue weighted by atomic mass is 19.1. The third kappa shape index (κ3) is 3.40. The second-order valence-corrected chi connectivity index (χ2v) is 4.97. The monoisotopic (exact) mass is 301 g/mol. The molecule has 0 saturated carbocycles. The van der Waals surface area contributed by atoms with Crippen LogP contribution in [-0.4, -0.2) is 37.2 Å². The van der Waals surface area contributed by atoms with Crippen molar-refractivity contribution in [2.24, 2.45) is 0 Å². The quantitative estimate of drug-likeness (QED) is 0.945. The molecule has 1 N–H and O–H groups in total. The minimum atomic E-state index is -0.338. The maximum atomic E-state index is 12.8. The molecule has 0 aliphatic carbocycles. The van der Waals surface area contributed by atoms with Crippen LogP contribution in [0.1, 0.15) is 10.4 Å². The van der Waals surface area contributed by atoms with Gasteiger partial charge in [-0.05, 0) is 36.4 Å². The highest BCUT2D eigenvalue weighted by Crippen LogP contribution is 2.14. The first-order chi connectivity index (χ1) is 10.7. The highest BCUT2D eigenvalue weighted by Gasteiger charge is 2.13. The van der Waals surface area contributed by atoms with Crippen LogP contribution in [0.15, 0.2) is 42.6 Å². The molecule has 3 rings (SSSR count). The number of amides is 1. The number of hydrogen-bond acceptors (Lipinski definition) is 4. The van der Waals surface area contributed by atoms with Crippen LogP contribution in [0.4, 0.5) is 15.9 Å². The molecule has 1 aliphatic rings. The van der Waals surface area contributed by atoms with Gasteiger partial charge in [0.15, 0.2) is 0 Å². The molecule has 0 spiro atoms. The summed E-state index contributed by atoms with van der Waals surface area (Å²) in [5.41, 5.74) is 1.00. The Kier molecular flexibility index (Phi) is 4.29. The zero-order chi connectivity index (χ0) is 15.4. The van der Waals surface area contributed by atoms with Crippen LogP contribution in [0.5, 0.6) is 0 Å². The number of pyridine rings is 1. The fraction of sp³-hybridized carbons (Fsp3) is 0.250. The van der Waals surface area contributed by atoms with Crippen molar-refractivity contribution in [3.63, 3.8) is 0 Å². The number of carbonyl (C=O) groups is 1. The molecule has 0 radical (unpaired) electrons. The maximum Gasteiger partial charge on any atom is 0.257 e. The van der Waals surface area contributed by atoms with Crippen molar-refractivity contribution in [1.29, 1.82) is 0 Å². The number of hydrogen-bond donors (Lipinski definition) is 1. The lowest BCUT2D eigenvalue weighted by molar-refractivity contribution is 0.102. The molecule has 1 fully saturated rings. The summed E-state index contributed by atoms with van der Waals surface area (Å²) in [7, 11) is 0. The van der Waals surface area contributed by atoms with E-state index in [0.717, 1.165) is 18.9 Å². The van der Waals surface area contributed by atoms with Gasteiger partial charge < -0.3 is 15.0 Å². The second kappa shape index (κ2) is 6.53. The molecule has 2 aromatic rings. The lowest BCUT2D eigenvalue weighted by Crippen LogP contribution is -2.36. The lowest BCUT2D eigenvalue weighted by atomic mass is 10.2. The van der Waals surface area contributed by atoms with Crippen LogP contribution >= 0.6 is 0 Å². The van der Waals surface area contributed by atoms with Crippen LogP contribution in [0.2, 0.25) is 0 Å². The Hall–Kier alpha value is -2.47. The standard InChI is InChI=1S/C16H16FN3O2/c17-13-2-4-14(5-3-13)19-16(21)12-1-6-15(18-11-12)20-7-9-22-10-8-20/h1-6,11H,7-10H2,(H,19,21). The average molecular weight is 301 g/mol. The van der Waals surface area contributed by atoms with Crippen molar-refractivity contribution in [1.82, 2.24) is 4.98 Å². The van der Waals surface area contributed by atoms with Gasteiger partial charge in [0.05, 0.1) is 18.8 Å². The summed E-state index contributed by atoms with van der Waals surface area (Å²) in [6, 6.07) is 9.19. The number of benzene rings is 1. The second-order valence-electron chi connectivity index (χ2n) is 4.97. The van der Waals surface area contributed by atoms with Crippen LogP contribution in [0.3, 0.4) is 0 Å². The number of aromatic nitrogens is 1. The van der Waals surface area contributed by atoms with Crippen molar-refractivity contribution in [3.8, 4) is 0 Å². The van der Waals surface area contributed by atoms with Crippen molar-refractivity contribution < 1.29 is 13.9 Å². The van der Waals surface area contributed by atoms with Crippen molar-refractivity contribution >= 4 is 17.4 Å². The van der Waals surface area contributed by atoms with Gasteiger partial charge in [0, 0.05) is 25.0 Å². The Morgan fingerprint density at radius 3 is 2.50 bits per heavy atom. The molecule has 1 aromatic heterocycles. The maximum absolute atomic E-state index is 12.8. The van der Waals surface area contributed by atoms with Gasteiger partial charge in [0.2, 0.25) is 0 Å². The van der Waals surface area contributed by atoms with Gasteiger partial charge in [-0.15, -0.1) is 0 Å². The Bertz CT molecular complexity index is 637. The van der Waals surface area contributed by atoms with Gasteiger partial charge in [-0.2, -0.15) is 0 Å². The van der Waals surface area contributed by atoms with Gasteiger partial charge in [0.1, 0.15) is 11.6 Å². The zero-order valence-corrected chi connectivity index (χ0v) is 12.0. The van der Waals surface area contributed by atoms with Gasteiger partial charge in [0.25, 0.3) is 5.91 Å². The number of nitrogens with one attached hydrogen (secondary N) is 1. The summed E-state index contributed by atoms with van der Waals surface area (Å²) in [6.07, 6.45) is 1.55. The van der Waals surface area contributed by atoms with Crippen LogP contribution in [0, 0.1) is 5.82 Å². The molecule has 1 saturated heterocycles. The smallest absolute Gasteiger partial charge is 0.257 e. The van der Waals surface area contributed by atoms with E-state index in [4.69, 9.17) is 4.74 Å². The number of carbonyl (C=O) groups excluding carboxylic acids is 1. The molecule has 22 heavy (non-hydrogen) atoms. The number of anilines is 2. The molecule has 2 heterocycles. The van der Waals surface area contributed by atoms with E-state index in [-0.39, 0.29) is 11.7 Å². The minimum Gasteiger partial charge on any atom is -0.378 e. The molecular formula is C16H16FN3O2. The summed E-state index contributed by atoms with van der Waals surface area (Å²) in [5, 5.41) is 2.71. The average Bonchev–Trinajstić information content (AvgIpc) is 2.58. The summed E-state index contributed by atoms with van der Waals surface area (Å²) in [6.45, 7) is 2.98. The van der Waals surface area contributed by atoms with E-state index < -0.39 is 0 Å². The predicted molar refractivity (Wildman–Crippen MR) is 81.6 cm³/mol. The normalized spacial score (nSPS) is 14.7. The van der Waals surface area contributed by atoms with Gasteiger partial charge >= 0.3 is 0 Å². The summed E-state index contributed by atoms with van der Waals surface area (Å²) in [5.74, 6) is 0.226. The fourth-order valence-electron chi connectivity index (χ4n) is 2.24. The van der Waals surface area contributed by atoms with Crippen molar-refractivity contribution in [2.75, 3.05) is 36.5 Å². The minimum absolute atomic E-state index is 0.271. The Labute approximate surface area is 127 Å². The number of morpholine rings is 1. The molecule has 114 valence electrons. The van der Waals surface area contributed by atoms with Gasteiger partial charge in [-0.25, -0.2) is 9.37 Å². The van der Waals surface area contributed by atoms with E-state index in [1.54, 1.807) is 12.3 Å². The summed E-state index contributed by atoms with van der Waals surface area (Å²) < 4.78 is 18.1. The Balaban J connectivity index is 1.66. The molecule has 1 aliphatic heterocycles. The summed E-state index contributed by atoms with van der Waals surface area (Å²) in [4.78, 5) is 18.6. The summed E-state index contributed by atoms with van der Waals surface area (Å²) >= 11 is 0. The zero-order valence-electron chi connectivity index (χ0n) is 12.0. The van der Waals surface area contributed by atoms with Gasteiger partial charge in [-0.1, -0.05) is 0 Å².